The Labute approximate surface area is 182 Å². The third-order valence-electron chi connectivity index (χ3n) is 5.49. The zero-order chi connectivity index (χ0) is 23.3. The van der Waals surface area contributed by atoms with Crippen molar-refractivity contribution in [1.29, 1.82) is 0 Å². The van der Waals surface area contributed by atoms with E-state index in [1.54, 1.807) is 0 Å². The van der Waals surface area contributed by atoms with Crippen molar-refractivity contribution in [1.82, 2.24) is 5.32 Å². The Hall–Kier alpha value is -3.03. The van der Waals surface area contributed by atoms with Gasteiger partial charge in [0.05, 0.1) is 14.2 Å². The van der Waals surface area contributed by atoms with E-state index in [0.717, 1.165) is 11.1 Å². The number of ether oxygens (including phenoxy) is 3. The van der Waals surface area contributed by atoms with Gasteiger partial charge in [-0.3, -0.25) is 4.79 Å². The molecule has 1 aromatic rings. The van der Waals surface area contributed by atoms with Gasteiger partial charge in [0.1, 0.15) is 29.7 Å². The largest absolute Gasteiger partial charge is 0.507 e. The van der Waals surface area contributed by atoms with Gasteiger partial charge in [-0.1, -0.05) is 25.5 Å². The molecule has 8 heteroatoms. The van der Waals surface area contributed by atoms with Gasteiger partial charge in [0.2, 0.25) is 5.91 Å². The number of fused-ring (bicyclic) bond motifs is 1. The van der Waals surface area contributed by atoms with Gasteiger partial charge >= 0.3 is 11.9 Å². The molecule has 8 nitrogen and oxygen atoms in total. The fourth-order valence-corrected chi connectivity index (χ4v) is 3.59. The summed E-state index contributed by atoms with van der Waals surface area (Å²) in [4.78, 5) is 36.1. The highest BCUT2D eigenvalue weighted by Crippen LogP contribution is 2.42. The molecule has 2 rings (SSSR count). The number of nitrogens with one attached hydrogen (secondary N) is 1. The van der Waals surface area contributed by atoms with E-state index >= 15 is 0 Å². The van der Waals surface area contributed by atoms with Crippen LogP contribution in [0, 0.1) is 12.8 Å². The highest BCUT2D eigenvalue weighted by atomic mass is 16.5. The average Bonchev–Trinajstić information content (AvgIpc) is 3.13. The Morgan fingerprint density at radius 2 is 1.94 bits per heavy atom. The number of hydrogen-bond acceptors (Lipinski definition) is 7. The lowest BCUT2D eigenvalue weighted by Gasteiger charge is -2.19. The van der Waals surface area contributed by atoms with Crippen molar-refractivity contribution >= 4 is 17.8 Å². The molecule has 1 aliphatic rings. The summed E-state index contributed by atoms with van der Waals surface area (Å²) in [6.07, 6.45) is 2.91. The smallest absolute Gasteiger partial charge is 0.342 e. The molecule has 0 saturated carbocycles. The Balaban J connectivity index is 2.09. The number of rotatable bonds is 9. The first kappa shape index (κ1) is 24.2. The first-order valence-corrected chi connectivity index (χ1v) is 10.2. The van der Waals surface area contributed by atoms with Crippen LogP contribution in [0.25, 0.3) is 0 Å². The fraction of sp³-hybridized carbons (Fsp3) is 0.522. The topological polar surface area (TPSA) is 111 Å². The summed E-state index contributed by atoms with van der Waals surface area (Å²) < 4.78 is 15.3. The van der Waals surface area contributed by atoms with E-state index in [1.165, 1.54) is 14.2 Å². The maximum absolute atomic E-state index is 12.3. The number of methoxy groups -OCH3 is 2. The molecule has 31 heavy (non-hydrogen) atoms. The molecule has 1 aromatic carbocycles. The van der Waals surface area contributed by atoms with Crippen LogP contribution in [0.2, 0.25) is 0 Å². The van der Waals surface area contributed by atoms with Gasteiger partial charge in [-0.25, -0.2) is 9.59 Å². The van der Waals surface area contributed by atoms with Crippen LogP contribution in [0.15, 0.2) is 11.6 Å². The van der Waals surface area contributed by atoms with Crippen LogP contribution in [-0.2, 0) is 32.1 Å². The zero-order valence-corrected chi connectivity index (χ0v) is 19.0. The minimum atomic E-state index is -0.683. The van der Waals surface area contributed by atoms with Crippen LogP contribution in [0.1, 0.15) is 60.7 Å². The van der Waals surface area contributed by atoms with Crippen LogP contribution in [0.3, 0.4) is 0 Å². The molecule has 0 aliphatic carbocycles. The van der Waals surface area contributed by atoms with Crippen molar-refractivity contribution in [3.63, 3.8) is 0 Å². The second-order valence-corrected chi connectivity index (χ2v) is 7.98. The van der Waals surface area contributed by atoms with E-state index in [-0.39, 0.29) is 36.2 Å². The lowest BCUT2D eigenvalue weighted by Crippen LogP contribution is -2.44. The van der Waals surface area contributed by atoms with E-state index in [4.69, 9.17) is 14.2 Å². The van der Waals surface area contributed by atoms with E-state index < -0.39 is 18.0 Å². The number of phenolic OH excluding ortho intramolecular Hbond substituents is 1. The van der Waals surface area contributed by atoms with Gasteiger partial charge in [0.15, 0.2) is 0 Å². The van der Waals surface area contributed by atoms with Gasteiger partial charge in [0.25, 0.3) is 0 Å². The number of phenols is 1. The Kier molecular flexibility index (Phi) is 8.08. The van der Waals surface area contributed by atoms with Gasteiger partial charge < -0.3 is 24.6 Å². The average molecular weight is 434 g/mol. The molecule has 0 saturated heterocycles. The number of carbonyl (C=O) groups is 3. The molecule has 1 aliphatic heterocycles. The zero-order valence-electron chi connectivity index (χ0n) is 19.0. The Morgan fingerprint density at radius 3 is 2.52 bits per heavy atom. The van der Waals surface area contributed by atoms with Crippen LogP contribution in [-0.4, -0.2) is 43.2 Å². The van der Waals surface area contributed by atoms with Gasteiger partial charge in [-0.05, 0) is 38.2 Å². The van der Waals surface area contributed by atoms with Crippen LogP contribution >= 0.6 is 0 Å². The number of carbonyl (C=O) groups excluding carboxylic acids is 3. The van der Waals surface area contributed by atoms with E-state index in [0.29, 0.717) is 29.7 Å². The number of allylic oxidation sites excluding steroid dienone is 2. The number of aromatic hydroxyl groups is 1. The number of cyclic esters (lactones) is 1. The van der Waals surface area contributed by atoms with Crippen molar-refractivity contribution in [3.8, 4) is 11.5 Å². The summed E-state index contributed by atoms with van der Waals surface area (Å²) in [5, 5.41) is 13.4. The predicted molar refractivity (Wildman–Crippen MR) is 114 cm³/mol. The molecule has 1 atom stereocenters. The summed E-state index contributed by atoms with van der Waals surface area (Å²) in [7, 11) is 2.81. The summed E-state index contributed by atoms with van der Waals surface area (Å²) in [6.45, 7) is 7.50. The molecule has 2 N–H and O–H groups in total. The van der Waals surface area contributed by atoms with Crippen LogP contribution < -0.4 is 10.1 Å². The fourth-order valence-electron chi connectivity index (χ4n) is 3.59. The first-order chi connectivity index (χ1) is 14.6. The van der Waals surface area contributed by atoms with Crippen molar-refractivity contribution in [2.24, 2.45) is 5.92 Å². The van der Waals surface area contributed by atoms with E-state index in [1.807, 2.05) is 33.8 Å². The minimum absolute atomic E-state index is 0.0850. The molecule has 170 valence electrons. The number of amides is 1. The standard InChI is InChI=1S/C23H31NO7/c1-12(2)19(23(28)30-6)24-17(25)10-8-13(3)7-9-15-20(26)18-16(11-31-22(18)27)14(4)21(15)29-5/h7,12,19,26H,8-11H2,1-6H3,(H,24,25)/b13-7+/t19-/m1/s1. The van der Waals surface area contributed by atoms with Crippen LogP contribution in [0.4, 0.5) is 0 Å². The van der Waals surface area contributed by atoms with Gasteiger partial charge in [-0.2, -0.15) is 0 Å². The maximum Gasteiger partial charge on any atom is 0.342 e. The molecule has 1 amide bonds. The van der Waals surface area contributed by atoms with Gasteiger partial charge in [-0.15, -0.1) is 0 Å². The molecular formula is C23H31NO7. The normalized spacial score (nSPS) is 14.2. The number of hydrogen-bond donors (Lipinski definition) is 2. The summed E-state index contributed by atoms with van der Waals surface area (Å²) >= 11 is 0. The molecule has 0 fully saturated rings. The third kappa shape index (κ3) is 5.37. The summed E-state index contributed by atoms with van der Waals surface area (Å²) in [6, 6.07) is -0.683. The highest BCUT2D eigenvalue weighted by molar-refractivity contribution is 5.98. The quantitative estimate of drug-likeness (QED) is 0.455. The Bertz CT molecular complexity index is 902. The molecular weight excluding hydrogens is 402 g/mol. The van der Waals surface area contributed by atoms with Gasteiger partial charge in [0, 0.05) is 17.5 Å². The lowest BCUT2D eigenvalue weighted by molar-refractivity contribution is -0.146. The van der Waals surface area contributed by atoms with Crippen molar-refractivity contribution in [3.05, 3.63) is 33.9 Å². The summed E-state index contributed by atoms with van der Waals surface area (Å²) in [5.74, 6) is -0.939. The second kappa shape index (κ2) is 10.3. The van der Waals surface area contributed by atoms with E-state index in [2.05, 4.69) is 5.32 Å². The molecule has 0 radical (unpaired) electrons. The summed E-state index contributed by atoms with van der Waals surface area (Å²) in [5.41, 5.74) is 3.04. The van der Waals surface area contributed by atoms with Crippen molar-refractivity contribution in [2.45, 2.75) is 59.6 Å². The van der Waals surface area contributed by atoms with Crippen LogP contribution in [0.5, 0.6) is 11.5 Å². The van der Waals surface area contributed by atoms with E-state index in [9.17, 15) is 19.5 Å². The van der Waals surface area contributed by atoms with Crippen molar-refractivity contribution < 1.29 is 33.7 Å². The second-order valence-electron chi connectivity index (χ2n) is 7.98. The first-order valence-electron chi connectivity index (χ1n) is 10.2. The lowest BCUT2D eigenvalue weighted by atomic mass is 9.94. The maximum atomic E-state index is 12.3. The predicted octanol–water partition coefficient (Wildman–Crippen LogP) is 2.96. The number of esters is 2. The number of benzene rings is 1. The molecule has 0 unspecified atom stereocenters. The molecule has 0 bridgehead atoms. The minimum Gasteiger partial charge on any atom is -0.507 e. The third-order valence-corrected chi connectivity index (χ3v) is 5.49. The molecule has 0 aromatic heterocycles. The SMILES string of the molecule is COC(=O)[C@H](NC(=O)CC/C(C)=C/Cc1c(O)c2c(c(C)c1OC)COC2=O)C(C)C. The monoisotopic (exact) mass is 433 g/mol. The Morgan fingerprint density at radius 1 is 1.26 bits per heavy atom. The van der Waals surface area contributed by atoms with Crippen molar-refractivity contribution in [2.75, 3.05) is 14.2 Å². The highest BCUT2D eigenvalue weighted by Gasteiger charge is 2.32. The molecule has 1 heterocycles. The molecule has 0 spiro atoms.